The van der Waals surface area contributed by atoms with Gasteiger partial charge in [-0.15, -0.1) is 0 Å². The molecule has 0 amide bonds. The van der Waals surface area contributed by atoms with E-state index in [4.69, 9.17) is 4.74 Å². The number of esters is 1. The predicted molar refractivity (Wildman–Crippen MR) is 88.0 cm³/mol. The van der Waals surface area contributed by atoms with Crippen LogP contribution >= 0.6 is 0 Å². The third-order valence-electron chi connectivity index (χ3n) is 3.43. The summed E-state index contributed by atoms with van der Waals surface area (Å²) in [4.78, 5) is 12.0. The number of carbonyl (C=O) groups is 1. The maximum absolute atomic E-state index is 12.8. The number of aliphatic hydroxyl groups is 1. The third kappa shape index (κ3) is 4.82. The van der Waals surface area contributed by atoms with Crippen LogP contribution in [0.3, 0.4) is 0 Å². The molecule has 0 heterocycles. The fourth-order valence-electron chi connectivity index (χ4n) is 2.31. The lowest BCUT2D eigenvalue weighted by molar-refractivity contribution is -0.137. The van der Waals surface area contributed by atoms with Crippen LogP contribution in [0.2, 0.25) is 0 Å². The van der Waals surface area contributed by atoms with E-state index in [9.17, 15) is 23.1 Å². The Morgan fingerprint density at radius 3 is 2.12 bits per heavy atom. The summed E-state index contributed by atoms with van der Waals surface area (Å²) in [5.74, 6) is -0.478. The number of benzene rings is 2. The number of hydrogen-bond acceptors (Lipinski definition) is 3. The number of ether oxygens (including phenoxy) is 1. The largest absolute Gasteiger partial charge is 0.456 e. The average molecular weight is 352 g/mol. The first-order chi connectivity index (χ1) is 11.5. The Labute approximate surface area is 144 Å². The molecule has 0 bridgehead atoms. The molecule has 3 nitrogen and oxygen atoms in total. The van der Waals surface area contributed by atoms with Gasteiger partial charge in [-0.3, -0.25) is 0 Å². The van der Waals surface area contributed by atoms with Crippen molar-refractivity contribution in [1.29, 1.82) is 0 Å². The molecule has 0 aliphatic carbocycles. The molecular weight excluding hydrogens is 333 g/mol. The average Bonchev–Trinajstić information content (AvgIpc) is 2.52. The lowest BCUT2D eigenvalue weighted by Crippen LogP contribution is -2.23. The van der Waals surface area contributed by atoms with Gasteiger partial charge in [0.05, 0.1) is 17.7 Å². The molecule has 0 unspecified atom stereocenters. The second-order valence-electron chi connectivity index (χ2n) is 6.61. The first-order valence-electron chi connectivity index (χ1n) is 7.66. The van der Waals surface area contributed by atoms with Gasteiger partial charge in [0.25, 0.3) is 0 Å². The number of halogens is 3. The number of aliphatic hydroxyl groups excluding tert-OH is 1. The fraction of sp³-hybridized carbons (Fsp3) is 0.316. The van der Waals surface area contributed by atoms with Crippen LogP contribution in [0.25, 0.3) is 11.1 Å². The van der Waals surface area contributed by atoms with Gasteiger partial charge in [-0.05, 0) is 61.7 Å². The number of alkyl halides is 3. The Morgan fingerprint density at radius 2 is 1.64 bits per heavy atom. The molecule has 2 rings (SSSR count). The topological polar surface area (TPSA) is 46.5 Å². The van der Waals surface area contributed by atoms with Crippen molar-refractivity contribution in [1.82, 2.24) is 0 Å². The first-order valence-corrected chi connectivity index (χ1v) is 7.66. The molecule has 2 aromatic carbocycles. The Kier molecular flexibility index (Phi) is 5.23. The minimum Gasteiger partial charge on any atom is -0.456 e. The summed E-state index contributed by atoms with van der Waals surface area (Å²) in [6.45, 7) is 4.76. The van der Waals surface area contributed by atoms with Crippen molar-refractivity contribution in [2.75, 3.05) is 0 Å². The summed E-state index contributed by atoms with van der Waals surface area (Å²) in [5, 5.41) is 9.40. The van der Waals surface area contributed by atoms with E-state index in [1.807, 2.05) is 0 Å². The van der Waals surface area contributed by atoms with E-state index in [-0.39, 0.29) is 5.56 Å². The second-order valence-corrected chi connectivity index (χ2v) is 6.61. The van der Waals surface area contributed by atoms with Crippen LogP contribution in [0.5, 0.6) is 0 Å². The lowest BCUT2D eigenvalue weighted by Gasteiger charge is -2.19. The minimum atomic E-state index is -4.47. The highest BCUT2D eigenvalue weighted by atomic mass is 19.4. The minimum absolute atomic E-state index is 0.167. The molecule has 134 valence electrons. The number of carbonyl (C=O) groups excluding carboxylic acids is 1. The van der Waals surface area contributed by atoms with Crippen LogP contribution in [0.1, 0.15) is 42.3 Å². The molecule has 0 fully saturated rings. The zero-order valence-corrected chi connectivity index (χ0v) is 14.1. The van der Waals surface area contributed by atoms with E-state index in [1.54, 1.807) is 45.0 Å². The van der Waals surface area contributed by atoms with Crippen LogP contribution in [-0.2, 0) is 17.5 Å². The molecule has 0 saturated carbocycles. The zero-order chi connectivity index (χ0) is 18.8. The second kappa shape index (κ2) is 6.88. The van der Waals surface area contributed by atoms with Gasteiger partial charge in [-0.2, -0.15) is 13.2 Å². The summed E-state index contributed by atoms with van der Waals surface area (Å²) < 4.78 is 43.6. The van der Waals surface area contributed by atoms with Gasteiger partial charge in [0, 0.05) is 0 Å². The molecular formula is C19H19F3O3. The zero-order valence-electron chi connectivity index (χ0n) is 14.1. The highest BCUT2D eigenvalue weighted by Crippen LogP contribution is 2.33. The van der Waals surface area contributed by atoms with E-state index in [1.165, 1.54) is 6.07 Å². The summed E-state index contributed by atoms with van der Waals surface area (Å²) in [6, 6.07) is 9.52. The molecule has 0 aliphatic heterocycles. The highest BCUT2D eigenvalue weighted by molar-refractivity contribution is 5.90. The first kappa shape index (κ1) is 19.0. The van der Waals surface area contributed by atoms with E-state index in [0.717, 1.165) is 12.1 Å². The SMILES string of the molecule is CC(C)(C)OC(=O)c1ccc(-c2ccc(C(F)(F)F)cc2CO)cc1. The van der Waals surface area contributed by atoms with Gasteiger partial charge >= 0.3 is 12.1 Å². The summed E-state index contributed by atoms with van der Waals surface area (Å²) in [7, 11) is 0. The highest BCUT2D eigenvalue weighted by Gasteiger charge is 2.31. The standard InChI is InChI=1S/C19H19F3O3/c1-18(2,3)25-17(24)13-6-4-12(5-7-13)16-9-8-15(19(20,21)22)10-14(16)11-23/h4-10,23H,11H2,1-3H3. The van der Waals surface area contributed by atoms with Crippen LogP contribution in [0, 0.1) is 0 Å². The van der Waals surface area contributed by atoms with Crippen molar-refractivity contribution < 1.29 is 27.8 Å². The summed E-state index contributed by atoms with van der Waals surface area (Å²) >= 11 is 0. The van der Waals surface area contributed by atoms with Crippen molar-refractivity contribution in [2.45, 2.75) is 39.2 Å². The van der Waals surface area contributed by atoms with E-state index in [2.05, 4.69) is 0 Å². The Balaban J connectivity index is 2.32. The van der Waals surface area contributed by atoms with Crippen molar-refractivity contribution in [3.63, 3.8) is 0 Å². The van der Waals surface area contributed by atoms with Crippen LogP contribution in [0.15, 0.2) is 42.5 Å². The van der Waals surface area contributed by atoms with E-state index < -0.39 is 29.9 Å². The molecule has 0 radical (unpaired) electrons. The van der Waals surface area contributed by atoms with Gasteiger partial charge in [-0.25, -0.2) is 4.79 Å². The van der Waals surface area contributed by atoms with Crippen molar-refractivity contribution in [2.24, 2.45) is 0 Å². The van der Waals surface area contributed by atoms with Crippen molar-refractivity contribution >= 4 is 5.97 Å². The predicted octanol–water partition coefficient (Wildman–Crippen LogP) is 4.82. The normalized spacial score (nSPS) is 12.1. The third-order valence-corrected chi connectivity index (χ3v) is 3.43. The molecule has 0 spiro atoms. The van der Waals surface area contributed by atoms with Crippen molar-refractivity contribution in [3.8, 4) is 11.1 Å². The van der Waals surface area contributed by atoms with Gasteiger partial charge < -0.3 is 9.84 Å². The van der Waals surface area contributed by atoms with Gasteiger partial charge in [-0.1, -0.05) is 18.2 Å². The molecule has 0 aromatic heterocycles. The molecule has 1 N–H and O–H groups in total. The van der Waals surface area contributed by atoms with Crippen molar-refractivity contribution in [3.05, 3.63) is 59.2 Å². The molecule has 2 aromatic rings. The van der Waals surface area contributed by atoms with Crippen LogP contribution in [0.4, 0.5) is 13.2 Å². The van der Waals surface area contributed by atoms with Crippen LogP contribution < -0.4 is 0 Å². The molecule has 0 atom stereocenters. The molecule has 0 saturated heterocycles. The monoisotopic (exact) mass is 352 g/mol. The van der Waals surface area contributed by atoms with Crippen LogP contribution in [-0.4, -0.2) is 16.7 Å². The van der Waals surface area contributed by atoms with E-state index in [0.29, 0.717) is 16.7 Å². The number of hydrogen-bond donors (Lipinski definition) is 1. The van der Waals surface area contributed by atoms with Gasteiger partial charge in [0.15, 0.2) is 0 Å². The molecule has 25 heavy (non-hydrogen) atoms. The summed E-state index contributed by atoms with van der Waals surface area (Å²) in [6.07, 6.45) is -4.47. The van der Waals surface area contributed by atoms with Gasteiger partial charge in [0.1, 0.15) is 5.60 Å². The summed E-state index contributed by atoms with van der Waals surface area (Å²) in [5.41, 5.74) is 0.158. The Hall–Kier alpha value is -2.34. The molecule has 0 aliphatic rings. The smallest absolute Gasteiger partial charge is 0.416 e. The maximum Gasteiger partial charge on any atom is 0.416 e. The Bertz CT molecular complexity index is 757. The maximum atomic E-state index is 12.8. The van der Waals surface area contributed by atoms with E-state index >= 15 is 0 Å². The molecule has 6 heteroatoms. The number of rotatable bonds is 3. The Morgan fingerprint density at radius 1 is 1.04 bits per heavy atom. The fourth-order valence-corrected chi connectivity index (χ4v) is 2.31. The van der Waals surface area contributed by atoms with Gasteiger partial charge in [0.2, 0.25) is 0 Å². The quantitative estimate of drug-likeness (QED) is 0.806. The lowest BCUT2D eigenvalue weighted by atomic mass is 9.97.